The van der Waals surface area contributed by atoms with Gasteiger partial charge in [0.1, 0.15) is 11.6 Å². The lowest BCUT2D eigenvalue weighted by molar-refractivity contribution is -0.135. The molecule has 3 aromatic carbocycles. The van der Waals surface area contributed by atoms with Gasteiger partial charge in [0.25, 0.3) is 0 Å². The van der Waals surface area contributed by atoms with Crippen molar-refractivity contribution in [2.45, 2.75) is 0 Å². The second kappa shape index (κ2) is 8.89. The van der Waals surface area contributed by atoms with E-state index in [2.05, 4.69) is 10.1 Å². The molecule has 0 bridgehead atoms. The van der Waals surface area contributed by atoms with Gasteiger partial charge in [-0.15, -0.1) is 0 Å². The quantitative estimate of drug-likeness (QED) is 0.286. The molecule has 0 saturated heterocycles. The average molecular weight is 406 g/mol. The third-order valence-corrected chi connectivity index (χ3v) is 4.69. The number of nitriles is 1. The molecule has 0 atom stereocenters. The Morgan fingerprint density at radius 1 is 0.903 bits per heavy atom. The summed E-state index contributed by atoms with van der Waals surface area (Å²) in [5.74, 6) is -0.711. The van der Waals surface area contributed by atoms with Crippen LogP contribution in [0.25, 0.3) is 33.5 Å². The van der Waals surface area contributed by atoms with Crippen molar-refractivity contribution in [3.63, 3.8) is 0 Å². The highest BCUT2D eigenvalue weighted by Crippen LogP contribution is 2.32. The Morgan fingerprint density at radius 2 is 1.52 bits per heavy atom. The number of methoxy groups -OCH3 is 1. The molecule has 0 unspecified atom stereocenters. The molecule has 6 nitrogen and oxygen atoms in total. The molecule has 150 valence electrons. The fourth-order valence-electron chi connectivity index (χ4n) is 3.18. The van der Waals surface area contributed by atoms with E-state index in [1.165, 1.54) is 13.3 Å². The summed E-state index contributed by atoms with van der Waals surface area (Å²) in [6, 6.07) is 27.1. The number of fused-ring (bicyclic) bond motifs is 1. The standard InChI is InChI=1S/C25H18N4O2/c1-31-25(30)19(15-26)16-27-20-13-8-14-21-24(20)29-23(18-11-6-3-7-12-18)22(28-21)17-9-4-2-5-10-17/h2-14,16,27H,1H3. The zero-order chi connectivity index (χ0) is 21.6. The Morgan fingerprint density at radius 3 is 2.10 bits per heavy atom. The van der Waals surface area contributed by atoms with Crippen LogP contribution in [0.1, 0.15) is 0 Å². The van der Waals surface area contributed by atoms with E-state index in [0.717, 1.165) is 22.5 Å². The van der Waals surface area contributed by atoms with E-state index in [1.54, 1.807) is 0 Å². The maximum atomic E-state index is 11.7. The zero-order valence-electron chi connectivity index (χ0n) is 16.7. The van der Waals surface area contributed by atoms with Gasteiger partial charge in [-0.25, -0.2) is 14.8 Å². The highest BCUT2D eigenvalue weighted by molar-refractivity contribution is 5.95. The van der Waals surface area contributed by atoms with Crippen molar-refractivity contribution >= 4 is 22.7 Å². The van der Waals surface area contributed by atoms with Crippen molar-refractivity contribution in [2.75, 3.05) is 12.4 Å². The fraction of sp³-hybridized carbons (Fsp3) is 0.0400. The van der Waals surface area contributed by atoms with Crippen LogP contribution in [0.4, 0.5) is 5.69 Å². The number of nitrogens with zero attached hydrogens (tertiary/aromatic N) is 3. The third-order valence-electron chi connectivity index (χ3n) is 4.69. The second-order valence-corrected chi connectivity index (χ2v) is 6.63. The number of carbonyl (C=O) groups is 1. The molecule has 0 aliphatic heterocycles. The maximum Gasteiger partial charge on any atom is 0.350 e. The molecule has 4 rings (SSSR count). The molecule has 1 aromatic heterocycles. The molecule has 1 heterocycles. The normalized spacial score (nSPS) is 11.0. The molecule has 31 heavy (non-hydrogen) atoms. The molecule has 0 amide bonds. The minimum Gasteiger partial charge on any atom is -0.465 e. The summed E-state index contributed by atoms with van der Waals surface area (Å²) in [4.78, 5) is 21.5. The molecular formula is C25H18N4O2. The van der Waals surface area contributed by atoms with E-state index >= 15 is 0 Å². The van der Waals surface area contributed by atoms with E-state index in [9.17, 15) is 10.1 Å². The van der Waals surface area contributed by atoms with E-state index in [-0.39, 0.29) is 5.57 Å². The SMILES string of the molecule is COC(=O)C(C#N)=CNc1cccc2nc(-c3ccccc3)c(-c3ccccc3)nc12. The number of ether oxygens (including phenoxy) is 1. The van der Waals surface area contributed by atoms with Crippen LogP contribution >= 0.6 is 0 Å². The van der Waals surface area contributed by atoms with Gasteiger partial charge in [-0.1, -0.05) is 66.7 Å². The Balaban J connectivity index is 1.90. The van der Waals surface area contributed by atoms with Crippen LogP contribution < -0.4 is 5.32 Å². The monoisotopic (exact) mass is 406 g/mol. The Kier molecular flexibility index (Phi) is 5.68. The number of rotatable bonds is 5. The summed E-state index contributed by atoms with van der Waals surface area (Å²) in [7, 11) is 1.23. The lowest BCUT2D eigenvalue weighted by Gasteiger charge is -2.13. The number of hydrogen-bond donors (Lipinski definition) is 1. The number of hydrogen-bond acceptors (Lipinski definition) is 6. The summed E-state index contributed by atoms with van der Waals surface area (Å²) < 4.78 is 4.62. The Labute approximate surface area is 179 Å². The van der Waals surface area contributed by atoms with E-state index in [0.29, 0.717) is 16.7 Å². The van der Waals surface area contributed by atoms with Gasteiger partial charge in [-0.3, -0.25) is 0 Å². The Bertz CT molecular complexity index is 1310. The maximum absolute atomic E-state index is 11.7. The number of para-hydroxylation sites is 1. The zero-order valence-corrected chi connectivity index (χ0v) is 16.7. The molecule has 4 aromatic rings. The molecule has 0 aliphatic rings. The first-order valence-corrected chi connectivity index (χ1v) is 9.58. The van der Waals surface area contributed by atoms with Gasteiger partial charge >= 0.3 is 5.97 Å². The first-order valence-electron chi connectivity index (χ1n) is 9.58. The van der Waals surface area contributed by atoms with Crippen molar-refractivity contribution in [3.05, 3.63) is 90.6 Å². The van der Waals surface area contributed by atoms with Crippen LogP contribution in [0.3, 0.4) is 0 Å². The van der Waals surface area contributed by atoms with E-state index in [1.807, 2.05) is 84.9 Å². The number of aromatic nitrogens is 2. The summed E-state index contributed by atoms with van der Waals surface area (Å²) in [6.07, 6.45) is 1.32. The topological polar surface area (TPSA) is 87.9 Å². The van der Waals surface area contributed by atoms with Crippen LogP contribution in [0.5, 0.6) is 0 Å². The lowest BCUT2D eigenvalue weighted by Crippen LogP contribution is -2.05. The number of esters is 1. The largest absolute Gasteiger partial charge is 0.465 e. The van der Waals surface area contributed by atoms with Crippen LogP contribution in [-0.4, -0.2) is 23.0 Å². The number of anilines is 1. The summed E-state index contributed by atoms with van der Waals surface area (Å²) in [5.41, 5.74) is 5.22. The number of carbonyl (C=O) groups excluding carboxylic acids is 1. The highest BCUT2D eigenvalue weighted by atomic mass is 16.5. The van der Waals surface area contributed by atoms with Crippen molar-refractivity contribution < 1.29 is 9.53 Å². The summed E-state index contributed by atoms with van der Waals surface area (Å²) in [6.45, 7) is 0. The molecule has 0 saturated carbocycles. The fourth-order valence-corrected chi connectivity index (χ4v) is 3.18. The molecule has 0 spiro atoms. The molecule has 0 fully saturated rings. The average Bonchev–Trinajstić information content (AvgIpc) is 2.84. The van der Waals surface area contributed by atoms with Gasteiger partial charge in [-0.2, -0.15) is 5.26 Å². The summed E-state index contributed by atoms with van der Waals surface area (Å²) in [5, 5.41) is 12.2. The number of nitrogens with one attached hydrogen (secondary N) is 1. The lowest BCUT2D eigenvalue weighted by atomic mass is 10.0. The minimum absolute atomic E-state index is 0.142. The van der Waals surface area contributed by atoms with Crippen molar-refractivity contribution in [2.24, 2.45) is 0 Å². The van der Waals surface area contributed by atoms with Crippen molar-refractivity contribution in [1.29, 1.82) is 5.26 Å². The van der Waals surface area contributed by atoms with Crippen molar-refractivity contribution in [3.8, 4) is 28.6 Å². The van der Waals surface area contributed by atoms with Gasteiger partial charge in [0, 0.05) is 17.3 Å². The van der Waals surface area contributed by atoms with Gasteiger partial charge in [0.05, 0.1) is 29.7 Å². The van der Waals surface area contributed by atoms with Crippen LogP contribution in [-0.2, 0) is 9.53 Å². The molecule has 1 N–H and O–H groups in total. The predicted molar refractivity (Wildman–Crippen MR) is 120 cm³/mol. The van der Waals surface area contributed by atoms with E-state index < -0.39 is 5.97 Å². The molecule has 6 heteroatoms. The second-order valence-electron chi connectivity index (χ2n) is 6.63. The van der Waals surface area contributed by atoms with Gasteiger partial charge in [0.2, 0.25) is 0 Å². The van der Waals surface area contributed by atoms with Gasteiger partial charge in [0.15, 0.2) is 5.57 Å². The van der Waals surface area contributed by atoms with E-state index in [4.69, 9.17) is 9.97 Å². The Hall–Kier alpha value is -4.50. The first kappa shape index (κ1) is 19.8. The minimum atomic E-state index is -0.711. The first-order chi connectivity index (χ1) is 15.2. The summed E-state index contributed by atoms with van der Waals surface area (Å²) >= 11 is 0. The molecule has 0 aliphatic carbocycles. The van der Waals surface area contributed by atoms with Gasteiger partial charge in [-0.05, 0) is 12.1 Å². The van der Waals surface area contributed by atoms with Crippen LogP contribution in [0.2, 0.25) is 0 Å². The smallest absolute Gasteiger partial charge is 0.350 e. The van der Waals surface area contributed by atoms with Crippen LogP contribution in [0, 0.1) is 11.3 Å². The highest BCUT2D eigenvalue weighted by Gasteiger charge is 2.15. The number of benzene rings is 3. The van der Waals surface area contributed by atoms with Crippen LogP contribution in [0.15, 0.2) is 90.6 Å². The molecule has 0 radical (unpaired) electrons. The predicted octanol–water partition coefficient (Wildman–Crippen LogP) is 4.96. The molecular weight excluding hydrogens is 388 g/mol. The van der Waals surface area contributed by atoms with Crippen molar-refractivity contribution in [1.82, 2.24) is 9.97 Å². The third kappa shape index (κ3) is 4.11. The van der Waals surface area contributed by atoms with Gasteiger partial charge < -0.3 is 10.1 Å².